The zero-order valence-corrected chi connectivity index (χ0v) is 11.7. The Morgan fingerprint density at radius 2 is 2.11 bits per heavy atom. The van der Waals surface area contributed by atoms with Gasteiger partial charge in [-0.25, -0.2) is 4.39 Å². The first-order valence-electron chi connectivity index (χ1n) is 5.81. The number of anilines is 1. The van der Waals surface area contributed by atoms with E-state index >= 15 is 0 Å². The molecule has 1 rings (SSSR count). The molecule has 1 aromatic rings. The summed E-state index contributed by atoms with van der Waals surface area (Å²) in [6, 6.07) is 4.72. The fraction of sp³-hybridized carbons (Fsp3) is 0.462. The van der Waals surface area contributed by atoms with Crippen LogP contribution in [0.1, 0.15) is 26.3 Å². The molecule has 0 unspecified atom stereocenters. The van der Waals surface area contributed by atoms with Crippen molar-refractivity contribution >= 4 is 22.9 Å². The van der Waals surface area contributed by atoms with Gasteiger partial charge in [0.15, 0.2) is 0 Å². The van der Waals surface area contributed by atoms with Crippen LogP contribution in [0.4, 0.5) is 10.1 Å². The molecule has 0 spiro atoms. The van der Waals surface area contributed by atoms with E-state index < -0.39 is 11.4 Å². The third kappa shape index (κ3) is 3.92. The summed E-state index contributed by atoms with van der Waals surface area (Å²) in [6.07, 6.45) is 0. The Hall–Kier alpha value is -1.20. The van der Waals surface area contributed by atoms with E-state index in [1.54, 1.807) is 26.0 Å². The van der Waals surface area contributed by atoms with Gasteiger partial charge in [0.2, 0.25) is 0 Å². The smallest absolute Gasteiger partial charge is 0.135 e. The number of aliphatic hydroxyl groups is 1. The van der Waals surface area contributed by atoms with E-state index in [1.807, 2.05) is 11.8 Å². The topological polar surface area (TPSA) is 49.5 Å². The average Bonchev–Trinajstić information content (AvgIpc) is 2.24. The van der Waals surface area contributed by atoms with Gasteiger partial charge in [-0.15, -0.1) is 0 Å². The third-order valence-corrected chi connectivity index (χ3v) is 2.76. The molecule has 0 aromatic heterocycles. The number of nitrogens with zero attached hydrogens (tertiary/aromatic N) is 1. The molecule has 0 atom stereocenters. The van der Waals surface area contributed by atoms with Gasteiger partial charge in [0.25, 0.3) is 0 Å². The molecule has 0 saturated heterocycles. The minimum Gasteiger partial charge on any atom is -0.389 e. The third-order valence-electron chi connectivity index (χ3n) is 2.54. The van der Waals surface area contributed by atoms with E-state index in [2.05, 4.69) is 0 Å². The van der Waals surface area contributed by atoms with E-state index in [9.17, 15) is 9.50 Å². The van der Waals surface area contributed by atoms with E-state index in [0.29, 0.717) is 18.8 Å². The van der Waals surface area contributed by atoms with Gasteiger partial charge in [0, 0.05) is 24.3 Å². The molecule has 3 N–H and O–H groups in total. The Morgan fingerprint density at radius 3 is 2.50 bits per heavy atom. The number of hydrogen-bond donors (Lipinski definition) is 2. The van der Waals surface area contributed by atoms with Crippen LogP contribution in [-0.2, 0) is 0 Å². The van der Waals surface area contributed by atoms with Gasteiger partial charge in [0.05, 0.1) is 5.60 Å². The maximum Gasteiger partial charge on any atom is 0.135 e. The minimum absolute atomic E-state index is 0.0459. The molecule has 0 aliphatic rings. The molecule has 3 nitrogen and oxygen atoms in total. The Bertz CT molecular complexity index is 443. The number of benzene rings is 1. The maximum atomic E-state index is 13.8. The largest absolute Gasteiger partial charge is 0.389 e. The average molecular weight is 270 g/mol. The summed E-state index contributed by atoms with van der Waals surface area (Å²) < 4.78 is 13.8. The standard InChI is InChI=1S/C13H19FN2OS/c1-4-16(8-13(2,3)17)9-5-6-10(12(15)18)11(14)7-9/h5-7,17H,4,8H2,1-3H3,(H2,15,18). The SMILES string of the molecule is CCN(CC(C)(C)O)c1ccc(C(N)=S)c(F)c1. The number of hydrogen-bond acceptors (Lipinski definition) is 3. The summed E-state index contributed by atoms with van der Waals surface area (Å²) in [6.45, 7) is 6.49. The number of likely N-dealkylation sites (N-methyl/N-ethyl adjacent to an activating group) is 1. The molecule has 0 amide bonds. The second-order valence-electron chi connectivity index (χ2n) is 4.86. The monoisotopic (exact) mass is 270 g/mol. The number of thiocarbonyl (C=S) groups is 1. The molecule has 1 aromatic carbocycles. The Labute approximate surface area is 112 Å². The van der Waals surface area contributed by atoms with Crippen LogP contribution in [0.15, 0.2) is 18.2 Å². The molecule has 18 heavy (non-hydrogen) atoms. The lowest BCUT2D eigenvalue weighted by atomic mass is 10.1. The molecule has 0 heterocycles. The van der Waals surface area contributed by atoms with Crippen LogP contribution in [0.5, 0.6) is 0 Å². The predicted molar refractivity (Wildman–Crippen MR) is 76.5 cm³/mol. The highest BCUT2D eigenvalue weighted by atomic mass is 32.1. The van der Waals surface area contributed by atoms with Crippen molar-refractivity contribution in [2.75, 3.05) is 18.0 Å². The fourth-order valence-corrected chi connectivity index (χ4v) is 1.92. The van der Waals surface area contributed by atoms with Crippen molar-refractivity contribution in [3.05, 3.63) is 29.6 Å². The summed E-state index contributed by atoms with van der Waals surface area (Å²) in [5, 5.41) is 9.82. The first kappa shape index (κ1) is 14.9. The highest BCUT2D eigenvalue weighted by Gasteiger charge is 2.18. The van der Waals surface area contributed by atoms with Gasteiger partial charge in [-0.3, -0.25) is 0 Å². The quantitative estimate of drug-likeness (QED) is 0.804. The second-order valence-corrected chi connectivity index (χ2v) is 5.29. The van der Waals surface area contributed by atoms with Crippen LogP contribution in [0.3, 0.4) is 0 Å². The highest BCUT2D eigenvalue weighted by Crippen LogP contribution is 2.20. The predicted octanol–water partition coefficient (Wildman–Crippen LogP) is 2.06. The molecular formula is C13H19FN2OS. The van der Waals surface area contributed by atoms with Crippen molar-refractivity contribution in [2.45, 2.75) is 26.4 Å². The van der Waals surface area contributed by atoms with E-state index in [0.717, 1.165) is 0 Å². The van der Waals surface area contributed by atoms with E-state index in [-0.39, 0.29) is 10.6 Å². The van der Waals surface area contributed by atoms with Crippen molar-refractivity contribution in [2.24, 2.45) is 5.73 Å². The fourth-order valence-electron chi connectivity index (χ4n) is 1.75. The Morgan fingerprint density at radius 1 is 1.50 bits per heavy atom. The summed E-state index contributed by atoms with van der Waals surface area (Å²) in [5.74, 6) is -0.436. The van der Waals surface area contributed by atoms with Crippen molar-refractivity contribution in [1.82, 2.24) is 0 Å². The molecule has 0 bridgehead atoms. The Balaban J connectivity index is 3.01. The van der Waals surface area contributed by atoms with Crippen LogP contribution in [0, 0.1) is 5.82 Å². The number of rotatable bonds is 5. The number of halogens is 1. The van der Waals surface area contributed by atoms with Crippen LogP contribution in [0.2, 0.25) is 0 Å². The molecule has 0 saturated carbocycles. The van der Waals surface area contributed by atoms with Crippen LogP contribution in [-0.4, -0.2) is 28.8 Å². The lowest BCUT2D eigenvalue weighted by molar-refractivity contribution is 0.0876. The van der Waals surface area contributed by atoms with Crippen molar-refractivity contribution in [1.29, 1.82) is 0 Å². The molecule has 0 radical (unpaired) electrons. The normalized spacial score (nSPS) is 11.4. The van der Waals surface area contributed by atoms with E-state index in [4.69, 9.17) is 18.0 Å². The van der Waals surface area contributed by atoms with Crippen molar-refractivity contribution in [3.63, 3.8) is 0 Å². The highest BCUT2D eigenvalue weighted by molar-refractivity contribution is 7.80. The molecule has 0 aliphatic heterocycles. The lowest BCUT2D eigenvalue weighted by Gasteiger charge is -2.30. The second kappa shape index (κ2) is 5.63. The first-order chi connectivity index (χ1) is 8.24. The summed E-state index contributed by atoms with van der Waals surface area (Å²) >= 11 is 4.76. The van der Waals surface area contributed by atoms with Crippen molar-refractivity contribution < 1.29 is 9.50 Å². The maximum absolute atomic E-state index is 13.8. The van der Waals surface area contributed by atoms with Gasteiger partial charge in [-0.05, 0) is 39.0 Å². The molecule has 100 valence electrons. The van der Waals surface area contributed by atoms with Crippen LogP contribution < -0.4 is 10.6 Å². The molecule has 0 fully saturated rings. The number of nitrogens with two attached hydrogens (primary N) is 1. The summed E-state index contributed by atoms with van der Waals surface area (Å²) in [7, 11) is 0. The van der Waals surface area contributed by atoms with Crippen molar-refractivity contribution in [3.8, 4) is 0 Å². The van der Waals surface area contributed by atoms with E-state index in [1.165, 1.54) is 6.07 Å². The molecule has 5 heteroatoms. The molecule has 0 aliphatic carbocycles. The lowest BCUT2D eigenvalue weighted by Crippen LogP contribution is -2.38. The summed E-state index contributed by atoms with van der Waals surface area (Å²) in [5.41, 5.74) is 5.52. The zero-order valence-electron chi connectivity index (χ0n) is 10.9. The minimum atomic E-state index is -0.839. The molecular weight excluding hydrogens is 251 g/mol. The summed E-state index contributed by atoms with van der Waals surface area (Å²) in [4.78, 5) is 1.94. The van der Waals surface area contributed by atoms with Gasteiger partial charge in [-0.1, -0.05) is 12.2 Å². The van der Waals surface area contributed by atoms with Gasteiger partial charge >= 0.3 is 0 Å². The van der Waals surface area contributed by atoms with Crippen LogP contribution in [0.25, 0.3) is 0 Å². The van der Waals surface area contributed by atoms with Gasteiger partial charge in [-0.2, -0.15) is 0 Å². The Kier molecular flexibility index (Phi) is 4.65. The van der Waals surface area contributed by atoms with Crippen LogP contribution >= 0.6 is 12.2 Å². The zero-order chi connectivity index (χ0) is 13.9. The van der Waals surface area contributed by atoms with Gasteiger partial charge in [0.1, 0.15) is 10.8 Å². The van der Waals surface area contributed by atoms with Gasteiger partial charge < -0.3 is 15.7 Å². The first-order valence-corrected chi connectivity index (χ1v) is 6.22.